The second-order valence-electron chi connectivity index (χ2n) is 5.18. The van der Waals surface area contributed by atoms with E-state index in [-0.39, 0.29) is 5.91 Å². The maximum absolute atomic E-state index is 12.7. The Bertz CT molecular complexity index is 675. The Morgan fingerprint density at radius 2 is 2.15 bits per heavy atom. The van der Waals surface area contributed by atoms with Gasteiger partial charge in [0, 0.05) is 11.0 Å². The van der Waals surface area contributed by atoms with Gasteiger partial charge in [-0.3, -0.25) is 4.79 Å². The molecule has 0 bridgehead atoms. The van der Waals surface area contributed by atoms with E-state index in [0.717, 1.165) is 35.1 Å². The van der Waals surface area contributed by atoms with Crippen LogP contribution in [0.25, 0.3) is 0 Å². The number of amides is 1. The molecule has 0 aliphatic carbocycles. The first-order valence-electron chi connectivity index (χ1n) is 6.73. The molecule has 1 aliphatic rings. The fourth-order valence-corrected chi connectivity index (χ4v) is 3.50. The number of nitrogens with zero attached hydrogens (tertiary/aromatic N) is 1. The number of benzene rings is 1. The second-order valence-corrected chi connectivity index (χ2v) is 6.10. The van der Waals surface area contributed by atoms with Crippen molar-refractivity contribution in [2.75, 3.05) is 11.4 Å². The Morgan fingerprint density at radius 3 is 2.85 bits per heavy atom. The van der Waals surface area contributed by atoms with Gasteiger partial charge in [0.05, 0.1) is 17.5 Å². The van der Waals surface area contributed by atoms with Crippen LogP contribution >= 0.6 is 15.9 Å². The van der Waals surface area contributed by atoms with Crippen molar-refractivity contribution in [3.63, 3.8) is 0 Å². The molecule has 104 valence electrons. The summed E-state index contributed by atoms with van der Waals surface area (Å²) in [6, 6.07) is 5.93. The topological polar surface area (TPSA) is 33.5 Å². The minimum Gasteiger partial charge on any atom is -0.469 e. The van der Waals surface area contributed by atoms with Crippen molar-refractivity contribution in [1.29, 1.82) is 0 Å². The van der Waals surface area contributed by atoms with E-state index in [1.54, 1.807) is 12.3 Å². The third-order valence-corrected chi connectivity index (χ3v) is 4.23. The van der Waals surface area contributed by atoms with E-state index < -0.39 is 0 Å². The molecular formula is C16H16BrNO2. The van der Waals surface area contributed by atoms with E-state index in [0.29, 0.717) is 11.3 Å². The van der Waals surface area contributed by atoms with Crippen molar-refractivity contribution in [3.05, 3.63) is 51.4 Å². The molecule has 3 nitrogen and oxygen atoms in total. The maximum atomic E-state index is 12.7. The number of hydrogen-bond donors (Lipinski definition) is 0. The van der Waals surface area contributed by atoms with Gasteiger partial charge in [0.1, 0.15) is 5.76 Å². The number of anilines is 1. The summed E-state index contributed by atoms with van der Waals surface area (Å²) in [6.07, 6.45) is 3.58. The second kappa shape index (κ2) is 5.09. The molecule has 1 amide bonds. The van der Waals surface area contributed by atoms with Gasteiger partial charge in [-0.2, -0.15) is 0 Å². The summed E-state index contributed by atoms with van der Waals surface area (Å²) in [6.45, 7) is 4.64. The van der Waals surface area contributed by atoms with Gasteiger partial charge in [-0.05, 0) is 56.0 Å². The fourth-order valence-electron chi connectivity index (χ4n) is 2.88. The highest BCUT2D eigenvalue weighted by molar-refractivity contribution is 9.10. The lowest BCUT2D eigenvalue weighted by molar-refractivity contribution is 0.0983. The third kappa shape index (κ3) is 2.18. The quantitative estimate of drug-likeness (QED) is 0.781. The number of fused-ring (bicyclic) bond motifs is 1. The molecule has 3 rings (SSSR count). The van der Waals surface area contributed by atoms with E-state index in [1.165, 1.54) is 5.56 Å². The molecule has 4 heteroatoms. The lowest BCUT2D eigenvalue weighted by Gasteiger charge is -2.31. The van der Waals surface area contributed by atoms with Gasteiger partial charge in [-0.1, -0.05) is 15.9 Å². The maximum Gasteiger partial charge on any atom is 0.261 e. The first-order chi connectivity index (χ1) is 9.58. The van der Waals surface area contributed by atoms with E-state index in [2.05, 4.69) is 35.0 Å². The van der Waals surface area contributed by atoms with Gasteiger partial charge < -0.3 is 9.32 Å². The highest BCUT2D eigenvalue weighted by Crippen LogP contribution is 2.34. The van der Waals surface area contributed by atoms with Crippen LogP contribution in [-0.2, 0) is 6.42 Å². The predicted molar refractivity (Wildman–Crippen MR) is 82.3 cm³/mol. The zero-order valence-corrected chi connectivity index (χ0v) is 13.2. The molecule has 0 saturated heterocycles. The Morgan fingerprint density at radius 1 is 1.35 bits per heavy atom. The molecule has 0 radical (unpaired) electrons. The van der Waals surface area contributed by atoms with E-state index in [9.17, 15) is 4.79 Å². The molecule has 1 aromatic carbocycles. The molecule has 1 aromatic heterocycles. The number of halogens is 1. The van der Waals surface area contributed by atoms with Gasteiger partial charge in [-0.25, -0.2) is 0 Å². The number of hydrogen-bond acceptors (Lipinski definition) is 2. The fraction of sp³-hybridized carbons (Fsp3) is 0.312. The van der Waals surface area contributed by atoms with Crippen LogP contribution in [0, 0.1) is 13.8 Å². The number of carbonyl (C=O) groups excluding carboxylic acids is 1. The van der Waals surface area contributed by atoms with Gasteiger partial charge in [0.15, 0.2) is 0 Å². The largest absolute Gasteiger partial charge is 0.469 e. The van der Waals surface area contributed by atoms with Crippen molar-refractivity contribution < 1.29 is 9.21 Å². The van der Waals surface area contributed by atoms with Crippen LogP contribution < -0.4 is 4.90 Å². The zero-order chi connectivity index (χ0) is 14.3. The van der Waals surface area contributed by atoms with Crippen molar-refractivity contribution in [2.45, 2.75) is 26.7 Å². The zero-order valence-electron chi connectivity index (χ0n) is 11.6. The minimum atomic E-state index is 0.0302. The lowest BCUT2D eigenvalue weighted by Crippen LogP contribution is -2.36. The molecule has 2 heterocycles. The van der Waals surface area contributed by atoms with Gasteiger partial charge in [-0.15, -0.1) is 0 Å². The summed E-state index contributed by atoms with van der Waals surface area (Å²) in [7, 11) is 0. The lowest BCUT2D eigenvalue weighted by atomic mass is 9.97. The molecule has 1 aliphatic heterocycles. The molecular weight excluding hydrogens is 318 g/mol. The Labute approximate surface area is 126 Å². The molecule has 20 heavy (non-hydrogen) atoms. The predicted octanol–water partition coefficient (Wildman–Crippen LogP) is 4.25. The van der Waals surface area contributed by atoms with E-state index in [1.807, 2.05) is 11.8 Å². The van der Waals surface area contributed by atoms with Crippen LogP contribution in [-0.4, -0.2) is 12.5 Å². The molecule has 0 unspecified atom stereocenters. The van der Waals surface area contributed by atoms with Crippen LogP contribution in [0.1, 0.15) is 33.7 Å². The molecule has 0 atom stereocenters. The Balaban J connectivity index is 2.06. The average molecular weight is 334 g/mol. The molecule has 2 aromatic rings. The Kier molecular flexibility index (Phi) is 3.42. The number of carbonyl (C=O) groups is 1. The SMILES string of the molecule is Cc1cc(Br)cc2c1N(C(=O)c1ccoc1C)CCC2. The number of rotatable bonds is 1. The molecule has 0 spiro atoms. The third-order valence-electron chi connectivity index (χ3n) is 3.78. The van der Waals surface area contributed by atoms with Gasteiger partial charge >= 0.3 is 0 Å². The van der Waals surface area contributed by atoms with Crippen LogP contribution in [0.3, 0.4) is 0 Å². The number of furan rings is 1. The van der Waals surface area contributed by atoms with E-state index >= 15 is 0 Å². The monoisotopic (exact) mass is 333 g/mol. The molecule has 0 N–H and O–H groups in total. The highest BCUT2D eigenvalue weighted by Gasteiger charge is 2.27. The minimum absolute atomic E-state index is 0.0302. The smallest absolute Gasteiger partial charge is 0.261 e. The first-order valence-corrected chi connectivity index (χ1v) is 7.52. The van der Waals surface area contributed by atoms with Crippen molar-refractivity contribution >= 4 is 27.5 Å². The summed E-state index contributed by atoms with van der Waals surface area (Å²) in [5.41, 5.74) is 4.08. The van der Waals surface area contributed by atoms with Crippen LogP contribution in [0.5, 0.6) is 0 Å². The first kappa shape index (κ1) is 13.4. The number of aryl methyl sites for hydroxylation is 3. The molecule has 0 fully saturated rings. The standard InChI is InChI=1S/C16H16BrNO2/c1-10-8-13(17)9-12-4-3-6-18(15(10)12)16(19)14-5-7-20-11(14)2/h5,7-9H,3-4,6H2,1-2H3. The summed E-state index contributed by atoms with van der Waals surface area (Å²) in [4.78, 5) is 14.6. The van der Waals surface area contributed by atoms with Crippen molar-refractivity contribution in [1.82, 2.24) is 0 Å². The van der Waals surface area contributed by atoms with Gasteiger partial charge in [0.25, 0.3) is 5.91 Å². The van der Waals surface area contributed by atoms with Crippen LogP contribution in [0.4, 0.5) is 5.69 Å². The summed E-state index contributed by atoms with van der Waals surface area (Å²) < 4.78 is 6.33. The Hall–Kier alpha value is -1.55. The average Bonchev–Trinajstić information content (AvgIpc) is 2.83. The van der Waals surface area contributed by atoms with Crippen LogP contribution in [0.2, 0.25) is 0 Å². The van der Waals surface area contributed by atoms with Crippen molar-refractivity contribution in [2.24, 2.45) is 0 Å². The summed E-state index contributed by atoms with van der Waals surface area (Å²) in [5.74, 6) is 0.708. The van der Waals surface area contributed by atoms with Crippen molar-refractivity contribution in [3.8, 4) is 0 Å². The normalized spacial score (nSPS) is 14.2. The summed E-state index contributed by atoms with van der Waals surface area (Å²) >= 11 is 3.53. The van der Waals surface area contributed by atoms with E-state index in [4.69, 9.17) is 4.42 Å². The summed E-state index contributed by atoms with van der Waals surface area (Å²) in [5, 5.41) is 0. The highest BCUT2D eigenvalue weighted by atomic mass is 79.9. The van der Waals surface area contributed by atoms with Gasteiger partial charge in [0.2, 0.25) is 0 Å². The molecule has 0 saturated carbocycles. The van der Waals surface area contributed by atoms with Crippen LogP contribution in [0.15, 0.2) is 33.4 Å².